The largest absolute Gasteiger partial charge is 0.490 e. The summed E-state index contributed by atoms with van der Waals surface area (Å²) in [5.41, 5.74) is 4.10. The Hall–Kier alpha value is -4.57. The second-order valence-corrected chi connectivity index (χ2v) is 8.28. The lowest BCUT2D eigenvalue weighted by Crippen LogP contribution is -2.17. The molecule has 11 heteroatoms. The molecule has 204 valence electrons. The molecule has 1 N–H and O–H groups in total. The predicted octanol–water partition coefficient (Wildman–Crippen LogP) is 5.95. The van der Waals surface area contributed by atoms with E-state index in [1.165, 1.54) is 18.3 Å². The minimum Gasteiger partial charge on any atom is -0.490 e. The first-order valence-corrected chi connectivity index (χ1v) is 12.4. The smallest absolute Gasteiger partial charge is 0.271 e. The highest BCUT2D eigenvalue weighted by Gasteiger charge is 2.14. The van der Waals surface area contributed by atoms with Gasteiger partial charge in [-0.1, -0.05) is 24.3 Å². The van der Waals surface area contributed by atoms with Gasteiger partial charge < -0.3 is 18.9 Å². The van der Waals surface area contributed by atoms with Crippen molar-refractivity contribution in [2.75, 3.05) is 19.8 Å². The molecule has 0 heterocycles. The van der Waals surface area contributed by atoms with E-state index in [-0.39, 0.29) is 17.3 Å². The zero-order valence-corrected chi connectivity index (χ0v) is 22.3. The fourth-order valence-corrected chi connectivity index (χ4v) is 3.62. The van der Waals surface area contributed by atoms with Crippen LogP contribution in [-0.4, -0.2) is 36.9 Å². The van der Waals surface area contributed by atoms with Crippen LogP contribution in [0.4, 0.5) is 5.69 Å². The normalized spacial score (nSPS) is 10.6. The van der Waals surface area contributed by atoms with E-state index in [0.717, 1.165) is 5.56 Å². The number of nitro groups is 1. The lowest BCUT2D eigenvalue weighted by molar-refractivity contribution is -0.384. The van der Waals surface area contributed by atoms with E-state index in [1.807, 2.05) is 13.8 Å². The first-order valence-electron chi connectivity index (χ1n) is 12.0. The quantitative estimate of drug-likeness (QED) is 0.113. The second-order valence-electron chi connectivity index (χ2n) is 7.87. The van der Waals surface area contributed by atoms with Crippen LogP contribution in [0.2, 0.25) is 5.02 Å². The summed E-state index contributed by atoms with van der Waals surface area (Å²) >= 11 is 6.46. The van der Waals surface area contributed by atoms with Crippen molar-refractivity contribution in [3.8, 4) is 23.0 Å². The molecule has 0 spiro atoms. The molecule has 0 unspecified atom stereocenters. The van der Waals surface area contributed by atoms with Gasteiger partial charge in [-0.2, -0.15) is 5.10 Å². The van der Waals surface area contributed by atoms with E-state index < -0.39 is 10.8 Å². The zero-order valence-electron chi connectivity index (χ0n) is 21.5. The number of carbonyl (C=O) groups excluding carboxylic acids is 1. The first kappa shape index (κ1) is 29.0. The maximum Gasteiger partial charge on any atom is 0.271 e. The van der Waals surface area contributed by atoms with Crippen molar-refractivity contribution in [1.82, 2.24) is 5.43 Å². The predicted molar refractivity (Wildman–Crippen MR) is 148 cm³/mol. The number of nitrogens with one attached hydrogen (secondary N) is 1. The first-order chi connectivity index (χ1) is 18.9. The summed E-state index contributed by atoms with van der Waals surface area (Å²) in [6.45, 7) is 8.48. The Balaban J connectivity index is 1.70. The van der Waals surface area contributed by atoms with Gasteiger partial charge in [0.15, 0.2) is 23.0 Å². The van der Waals surface area contributed by atoms with Crippen LogP contribution in [0.15, 0.2) is 72.4 Å². The number of benzene rings is 3. The summed E-state index contributed by atoms with van der Waals surface area (Å²) in [7, 11) is 0. The number of hydrogen-bond donors (Lipinski definition) is 1. The summed E-state index contributed by atoms with van der Waals surface area (Å²) in [6, 6.07) is 14.1. The third kappa shape index (κ3) is 8.21. The Morgan fingerprint density at radius 2 is 1.72 bits per heavy atom. The van der Waals surface area contributed by atoms with Crippen LogP contribution in [0.3, 0.4) is 0 Å². The summed E-state index contributed by atoms with van der Waals surface area (Å²) in [4.78, 5) is 23.0. The van der Waals surface area contributed by atoms with Crippen molar-refractivity contribution in [3.63, 3.8) is 0 Å². The highest BCUT2D eigenvalue weighted by atomic mass is 35.5. The Kier molecular flexibility index (Phi) is 10.7. The van der Waals surface area contributed by atoms with E-state index in [9.17, 15) is 14.9 Å². The Bertz CT molecular complexity index is 1340. The number of nitro benzene ring substituents is 1. The molecule has 0 aliphatic carbocycles. The topological polar surface area (TPSA) is 122 Å². The van der Waals surface area contributed by atoms with Gasteiger partial charge in [-0.25, -0.2) is 5.43 Å². The summed E-state index contributed by atoms with van der Waals surface area (Å²) in [6.07, 6.45) is 3.05. The van der Waals surface area contributed by atoms with Gasteiger partial charge in [0.2, 0.25) is 0 Å². The van der Waals surface area contributed by atoms with Crippen molar-refractivity contribution in [2.45, 2.75) is 20.5 Å². The van der Waals surface area contributed by atoms with Crippen LogP contribution in [0.25, 0.3) is 0 Å². The van der Waals surface area contributed by atoms with Gasteiger partial charge in [0.05, 0.1) is 29.4 Å². The molecular weight excluding hydrogens is 526 g/mol. The molecule has 0 bridgehead atoms. The number of nitrogens with zero attached hydrogens (tertiary/aromatic N) is 2. The summed E-state index contributed by atoms with van der Waals surface area (Å²) in [5, 5.41) is 15.1. The van der Waals surface area contributed by atoms with E-state index in [4.69, 9.17) is 30.5 Å². The molecule has 3 rings (SSSR count). The lowest BCUT2D eigenvalue weighted by atomic mass is 10.2. The fourth-order valence-electron chi connectivity index (χ4n) is 3.35. The van der Waals surface area contributed by atoms with Crippen molar-refractivity contribution >= 4 is 29.4 Å². The van der Waals surface area contributed by atoms with Crippen molar-refractivity contribution in [1.29, 1.82) is 0 Å². The van der Waals surface area contributed by atoms with Gasteiger partial charge in [0, 0.05) is 17.7 Å². The molecule has 1 amide bonds. The molecule has 0 atom stereocenters. The number of amides is 1. The number of carbonyl (C=O) groups is 1. The number of halogens is 1. The van der Waals surface area contributed by atoms with Crippen molar-refractivity contribution < 1.29 is 28.7 Å². The minimum atomic E-state index is -0.467. The molecule has 39 heavy (non-hydrogen) atoms. The fraction of sp³-hybridized carbons (Fsp3) is 0.214. The van der Waals surface area contributed by atoms with Crippen LogP contribution in [0.5, 0.6) is 23.0 Å². The minimum absolute atomic E-state index is 0.00759. The number of non-ortho nitro benzene ring substituents is 1. The van der Waals surface area contributed by atoms with Crippen LogP contribution in [-0.2, 0) is 6.61 Å². The number of rotatable bonds is 14. The van der Waals surface area contributed by atoms with E-state index >= 15 is 0 Å². The van der Waals surface area contributed by atoms with Crippen molar-refractivity contribution in [3.05, 3.63) is 99.1 Å². The number of hydrogen-bond acceptors (Lipinski definition) is 8. The molecule has 0 aromatic heterocycles. The van der Waals surface area contributed by atoms with E-state index in [0.29, 0.717) is 53.9 Å². The second kappa shape index (κ2) is 14.4. The maximum absolute atomic E-state index is 12.6. The monoisotopic (exact) mass is 553 g/mol. The van der Waals surface area contributed by atoms with Gasteiger partial charge >= 0.3 is 0 Å². The Morgan fingerprint density at radius 3 is 2.38 bits per heavy atom. The average molecular weight is 554 g/mol. The molecule has 0 saturated carbocycles. The average Bonchev–Trinajstić information content (AvgIpc) is 2.92. The van der Waals surface area contributed by atoms with Gasteiger partial charge in [0.1, 0.15) is 13.2 Å². The lowest BCUT2D eigenvalue weighted by Gasteiger charge is -2.14. The Morgan fingerprint density at radius 1 is 1.00 bits per heavy atom. The van der Waals surface area contributed by atoms with Crippen LogP contribution < -0.4 is 24.4 Å². The van der Waals surface area contributed by atoms with Crippen LogP contribution >= 0.6 is 11.6 Å². The highest BCUT2D eigenvalue weighted by Crippen LogP contribution is 2.37. The Labute approximate surface area is 230 Å². The van der Waals surface area contributed by atoms with Crippen LogP contribution in [0, 0.1) is 10.1 Å². The molecular formula is C28H28ClN3O7. The van der Waals surface area contributed by atoms with Gasteiger partial charge in [-0.3, -0.25) is 14.9 Å². The van der Waals surface area contributed by atoms with Gasteiger partial charge in [-0.15, -0.1) is 0 Å². The van der Waals surface area contributed by atoms with Crippen LogP contribution in [0.1, 0.15) is 35.3 Å². The molecule has 3 aromatic carbocycles. The van der Waals surface area contributed by atoms with Gasteiger partial charge in [-0.05, 0) is 67.4 Å². The highest BCUT2D eigenvalue weighted by molar-refractivity contribution is 6.32. The molecule has 0 saturated heterocycles. The molecule has 0 radical (unpaired) electrons. The van der Waals surface area contributed by atoms with Gasteiger partial charge in [0.25, 0.3) is 11.6 Å². The number of ether oxygens (including phenoxy) is 4. The van der Waals surface area contributed by atoms with Crippen molar-refractivity contribution in [2.24, 2.45) is 5.10 Å². The standard InChI is InChI=1S/C28H28ClN3O7/c1-4-13-38-24-12-9-21(16-25(24)36-5-2)28(33)31-30-17-20-14-23(29)27(26(15-20)37-6-3)39-18-19-7-10-22(11-8-19)32(34)35/h4,7-12,14-17H,1,5-6,13,18H2,2-3H3,(H,31,33)/b30-17+. The van der Waals surface area contributed by atoms with E-state index in [2.05, 4.69) is 17.1 Å². The summed E-state index contributed by atoms with van der Waals surface area (Å²) < 4.78 is 22.7. The third-order valence-corrected chi connectivity index (χ3v) is 5.38. The zero-order chi connectivity index (χ0) is 28.2. The molecule has 0 aliphatic heterocycles. The summed E-state index contributed by atoms with van der Waals surface area (Å²) in [5.74, 6) is 1.21. The SMILES string of the molecule is C=CCOc1ccc(C(=O)N/N=C/c2cc(Cl)c(OCc3ccc([N+](=O)[O-])cc3)c(OCC)c2)cc1OCC. The molecule has 10 nitrogen and oxygen atoms in total. The molecule has 3 aromatic rings. The van der Waals surface area contributed by atoms with E-state index in [1.54, 1.807) is 48.5 Å². The maximum atomic E-state index is 12.6. The molecule has 0 fully saturated rings. The number of hydrazone groups is 1. The molecule has 0 aliphatic rings. The third-order valence-electron chi connectivity index (χ3n) is 5.10.